The standard InChI is InChI=1S/C21H32N4O3/c1-5-9-18(22-14-16(4)12-13-19(26)25-28)24-20(15(2)3)21(27)23-17-10-7-6-8-11-17/h5,9,12-15,17,20,24,28H,1,4,6-8,10-11H2,2-3H3,(H,23,27)(H,25,26)/b13-12+,18-9+,22-14-/t20-/m1/s1. The van der Waals surface area contributed by atoms with Crippen molar-refractivity contribution in [2.45, 2.75) is 58.0 Å². The largest absolute Gasteiger partial charge is 0.358 e. The van der Waals surface area contributed by atoms with Gasteiger partial charge in [-0.25, -0.2) is 10.5 Å². The summed E-state index contributed by atoms with van der Waals surface area (Å²) in [4.78, 5) is 28.1. The van der Waals surface area contributed by atoms with Gasteiger partial charge in [-0.1, -0.05) is 52.3 Å². The maximum absolute atomic E-state index is 12.8. The maximum atomic E-state index is 12.8. The van der Waals surface area contributed by atoms with Gasteiger partial charge in [0.25, 0.3) is 5.91 Å². The number of nitrogens with one attached hydrogen (secondary N) is 3. The minimum atomic E-state index is -0.659. The van der Waals surface area contributed by atoms with E-state index in [4.69, 9.17) is 5.21 Å². The van der Waals surface area contributed by atoms with Crippen molar-refractivity contribution in [3.8, 4) is 0 Å². The third-order valence-corrected chi connectivity index (χ3v) is 4.41. The summed E-state index contributed by atoms with van der Waals surface area (Å²) < 4.78 is 0. The average molecular weight is 389 g/mol. The number of amides is 2. The van der Waals surface area contributed by atoms with Gasteiger partial charge in [0.05, 0.1) is 0 Å². The Kier molecular flexibility index (Phi) is 10.6. The summed E-state index contributed by atoms with van der Waals surface area (Å²) >= 11 is 0. The SMILES string of the molecule is C=C/C=C(\N=C/C(=C)/C=C/C(=O)NO)N[C@@H](C(=O)NC1CCCCC1)C(C)C. The van der Waals surface area contributed by atoms with Gasteiger partial charge in [-0.2, -0.15) is 0 Å². The van der Waals surface area contributed by atoms with E-state index >= 15 is 0 Å². The topological polar surface area (TPSA) is 103 Å². The number of aliphatic imine (C=N–C) groups is 1. The minimum absolute atomic E-state index is 0.0367. The van der Waals surface area contributed by atoms with Crippen LogP contribution in [0.4, 0.5) is 0 Å². The van der Waals surface area contributed by atoms with Crippen LogP contribution in [0.5, 0.6) is 0 Å². The number of allylic oxidation sites excluding steroid dienone is 4. The van der Waals surface area contributed by atoms with Gasteiger partial charge in [0, 0.05) is 18.3 Å². The highest BCUT2D eigenvalue weighted by Gasteiger charge is 2.25. The van der Waals surface area contributed by atoms with Crippen LogP contribution in [0.2, 0.25) is 0 Å². The lowest BCUT2D eigenvalue weighted by atomic mass is 9.94. The average Bonchev–Trinajstić information content (AvgIpc) is 2.68. The third-order valence-electron chi connectivity index (χ3n) is 4.41. The molecule has 1 atom stereocenters. The molecule has 1 aliphatic carbocycles. The molecule has 0 aromatic heterocycles. The van der Waals surface area contributed by atoms with Crippen LogP contribution in [0.15, 0.2) is 53.8 Å². The fourth-order valence-corrected chi connectivity index (χ4v) is 2.89. The Morgan fingerprint density at radius 2 is 1.86 bits per heavy atom. The first-order valence-electron chi connectivity index (χ1n) is 9.62. The molecule has 154 valence electrons. The lowest BCUT2D eigenvalue weighted by Gasteiger charge is -2.28. The van der Waals surface area contributed by atoms with E-state index in [-0.39, 0.29) is 17.9 Å². The summed E-state index contributed by atoms with van der Waals surface area (Å²) in [5, 5.41) is 14.8. The molecule has 4 N–H and O–H groups in total. The molecule has 1 rings (SSSR count). The van der Waals surface area contributed by atoms with Crippen LogP contribution in [-0.2, 0) is 9.59 Å². The van der Waals surface area contributed by atoms with E-state index < -0.39 is 11.9 Å². The molecule has 0 heterocycles. The van der Waals surface area contributed by atoms with Crippen molar-refractivity contribution in [1.29, 1.82) is 0 Å². The van der Waals surface area contributed by atoms with Gasteiger partial charge in [-0.05, 0) is 36.5 Å². The van der Waals surface area contributed by atoms with Crippen molar-refractivity contribution in [2.24, 2.45) is 10.9 Å². The number of nitrogens with zero attached hydrogens (tertiary/aromatic N) is 1. The fraction of sp³-hybridized carbons (Fsp3) is 0.476. The van der Waals surface area contributed by atoms with E-state index in [0.717, 1.165) is 31.8 Å². The summed E-state index contributed by atoms with van der Waals surface area (Å²) in [6, 6.07) is -0.198. The molecule has 0 bridgehead atoms. The van der Waals surface area contributed by atoms with Crippen molar-refractivity contribution in [3.63, 3.8) is 0 Å². The first-order valence-corrected chi connectivity index (χ1v) is 9.62. The van der Waals surface area contributed by atoms with Crippen molar-refractivity contribution in [1.82, 2.24) is 16.1 Å². The highest BCUT2D eigenvalue weighted by molar-refractivity contribution is 5.90. The molecule has 0 unspecified atom stereocenters. The molecule has 28 heavy (non-hydrogen) atoms. The summed E-state index contributed by atoms with van der Waals surface area (Å²) in [6.45, 7) is 11.4. The van der Waals surface area contributed by atoms with Gasteiger partial charge in [-0.15, -0.1) is 0 Å². The van der Waals surface area contributed by atoms with Crippen molar-refractivity contribution in [2.75, 3.05) is 0 Å². The Labute approximate surface area is 167 Å². The number of hydrogen-bond donors (Lipinski definition) is 4. The minimum Gasteiger partial charge on any atom is -0.358 e. The summed E-state index contributed by atoms with van der Waals surface area (Å²) in [5.74, 6) is -0.170. The molecule has 1 saturated carbocycles. The lowest BCUT2D eigenvalue weighted by molar-refractivity contribution is -0.125. The zero-order chi connectivity index (χ0) is 20.9. The van der Waals surface area contributed by atoms with Gasteiger partial charge in [-0.3, -0.25) is 14.8 Å². The monoisotopic (exact) mass is 388 g/mol. The maximum Gasteiger partial charge on any atom is 0.267 e. The number of hydroxylamine groups is 1. The van der Waals surface area contributed by atoms with E-state index in [1.807, 2.05) is 13.8 Å². The van der Waals surface area contributed by atoms with Gasteiger partial charge >= 0.3 is 0 Å². The number of hydrogen-bond acceptors (Lipinski definition) is 5. The Bertz CT molecular complexity index is 644. The zero-order valence-corrected chi connectivity index (χ0v) is 16.8. The first kappa shape index (κ1) is 23.4. The van der Waals surface area contributed by atoms with Crippen LogP contribution in [-0.4, -0.2) is 35.3 Å². The molecular weight excluding hydrogens is 356 g/mol. The fourth-order valence-electron chi connectivity index (χ4n) is 2.89. The third kappa shape index (κ3) is 8.81. The van der Waals surface area contributed by atoms with Crippen molar-refractivity contribution >= 4 is 18.0 Å². The van der Waals surface area contributed by atoms with Crippen LogP contribution in [0, 0.1) is 5.92 Å². The van der Waals surface area contributed by atoms with Gasteiger partial charge < -0.3 is 10.6 Å². The molecule has 7 nitrogen and oxygen atoms in total. The first-order chi connectivity index (χ1) is 13.4. The van der Waals surface area contributed by atoms with Crippen molar-refractivity contribution in [3.05, 3.63) is 48.9 Å². The van der Waals surface area contributed by atoms with Crippen LogP contribution >= 0.6 is 0 Å². The van der Waals surface area contributed by atoms with Gasteiger partial charge in [0.1, 0.15) is 11.9 Å². The normalized spacial score (nSPS) is 16.9. The van der Waals surface area contributed by atoms with E-state index in [1.165, 1.54) is 24.2 Å². The molecule has 7 heteroatoms. The summed E-state index contributed by atoms with van der Waals surface area (Å²) in [7, 11) is 0. The van der Waals surface area contributed by atoms with E-state index in [9.17, 15) is 9.59 Å². The lowest BCUT2D eigenvalue weighted by Crippen LogP contribution is -2.50. The molecule has 0 saturated heterocycles. The van der Waals surface area contributed by atoms with Crippen LogP contribution < -0.4 is 16.1 Å². The number of rotatable bonds is 10. The highest BCUT2D eigenvalue weighted by Crippen LogP contribution is 2.18. The second-order valence-electron chi connectivity index (χ2n) is 7.14. The molecule has 1 fully saturated rings. The second-order valence-corrected chi connectivity index (χ2v) is 7.14. The molecule has 0 spiro atoms. The quantitative estimate of drug-likeness (QED) is 0.152. The van der Waals surface area contributed by atoms with E-state index in [0.29, 0.717) is 11.4 Å². The van der Waals surface area contributed by atoms with Crippen molar-refractivity contribution < 1.29 is 14.8 Å². The Morgan fingerprint density at radius 1 is 1.18 bits per heavy atom. The van der Waals surface area contributed by atoms with Crippen LogP contribution in [0.3, 0.4) is 0 Å². The predicted molar refractivity (Wildman–Crippen MR) is 112 cm³/mol. The number of carbonyl (C=O) groups excluding carboxylic acids is 2. The molecule has 2 amide bonds. The van der Waals surface area contributed by atoms with Gasteiger partial charge in [0.2, 0.25) is 5.91 Å². The Hall–Kier alpha value is -2.67. The summed E-state index contributed by atoms with van der Waals surface area (Å²) in [6.07, 6.45) is 12.8. The smallest absolute Gasteiger partial charge is 0.267 e. The second kappa shape index (κ2) is 12.7. The van der Waals surface area contributed by atoms with E-state index in [1.54, 1.807) is 12.2 Å². The molecule has 0 aromatic rings. The molecule has 1 aliphatic rings. The van der Waals surface area contributed by atoms with E-state index in [2.05, 4.69) is 28.8 Å². The molecule has 0 aromatic carbocycles. The molecule has 0 radical (unpaired) electrons. The predicted octanol–water partition coefficient (Wildman–Crippen LogP) is 2.77. The zero-order valence-electron chi connectivity index (χ0n) is 16.8. The summed E-state index contributed by atoms with van der Waals surface area (Å²) in [5.41, 5.74) is 1.95. The van der Waals surface area contributed by atoms with Crippen LogP contribution in [0.1, 0.15) is 46.0 Å². The van der Waals surface area contributed by atoms with Gasteiger partial charge in [0.15, 0.2) is 0 Å². The molecule has 0 aliphatic heterocycles. The Balaban J connectivity index is 2.77. The Morgan fingerprint density at radius 3 is 2.43 bits per heavy atom. The number of carbonyl (C=O) groups is 2. The molecular formula is C21H32N4O3. The van der Waals surface area contributed by atoms with Crippen LogP contribution in [0.25, 0.3) is 0 Å². The highest BCUT2D eigenvalue weighted by atomic mass is 16.5.